The highest BCUT2D eigenvalue weighted by Crippen LogP contribution is 2.61. The molecule has 2 heteroatoms. The van der Waals surface area contributed by atoms with Gasteiger partial charge in [0.25, 0.3) is 0 Å². The number of Topliss-reactive ketones (excluding diaryl/α,β-unsaturated/α-hetero) is 1. The van der Waals surface area contributed by atoms with Crippen LogP contribution in [0.5, 0.6) is 0 Å². The van der Waals surface area contributed by atoms with Gasteiger partial charge in [-0.3, -0.25) is 4.79 Å². The van der Waals surface area contributed by atoms with Crippen molar-refractivity contribution in [3.05, 3.63) is 0 Å². The Balaban J connectivity index is 1.57. The molecule has 4 rings (SSSR count). The molecule has 0 heterocycles. The normalized spacial score (nSPS) is 55.0. The molecule has 4 saturated carbocycles. The fourth-order valence-corrected chi connectivity index (χ4v) is 7.05. The van der Waals surface area contributed by atoms with E-state index < -0.39 is 5.60 Å². The van der Waals surface area contributed by atoms with Crippen molar-refractivity contribution in [3.8, 4) is 0 Å². The maximum atomic E-state index is 12.6. The molecule has 0 aromatic carbocycles. The molecule has 124 valence electrons. The van der Waals surface area contributed by atoms with Crippen molar-refractivity contribution in [3.63, 3.8) is 0 Å². The highest BCUT2D eigenvalue weighted by atomic mass is 16.3. The smallest absolute Gasteiger partial charge is 0.139 e. The summed E-state index contributed by atoms with van der Waals surface area (Å²) in [6.07, 6.45) is 11.5. The van der Waals surface area contributed by atoms with Crippen LogP contribution in [0.2, 0.25) is 0 Å². The molecule has 0 aromatic heterocycles. The first-order valence-electron chi connectivity index (χ1n) is 9.66. The van der Waals surface area contributed by atoms with Crippen LogP contribution < -0.4 is 0 Å². The third kappa shape index (κ3) is 2.20. The Labute approximate surface area is 135 Å². The van der Waals surface area contributed by atoms with Crippen LogP contribution in [0.25, 0.3) is 0 Å². The molecule has 0 unspecified atom stereocenters. The number of carbonyl (C=O) groups is 1. The van der Waals surface area contributed by atoms with Crippen molar-refractivity contribution in [2.45, 2.75) is 83.7 Å². The zero-order chi connectivity index (χ0) is 15.5. The van der Waals surface area contributed by atoms with Crippen LogP contribution in [-0.4, -0.2) is 16.5 Å². The molecule has 0 radical (unpaired) electrons. The van der Waals surface area contributed by atoms with E-state index in [9.17, 15) is 9.90 Å². The number of carbonyl (C=O) groups excluding carboxylic acids is 1. The molecule has 0 saturated heterocycles. The van der Waals surface area contributed by atoms with Crippen LogP contribution in [0.3, 0.4) is 0 Å². The fourth-order valence-electron chi connectivity index (χ4n) is 7.05. The molecule has 4 aliphatic carbocycles. The molecule has 22 heavy (non-hydrogen) atoms. The number of hydrogen-bond donors (Lipinski definition) is 1. The van der Waals surface area contributed by atoms with Crippen LogP contribution in [0.4, 0.5) is 0 Å². The summed E-state index contributed by atoms with van der Waals surface area (Å²) in [5.41, 5.74) is -0.412. The van der Waals surface area contributed by atoms with Crippen LogP contribution >= 0.6 is 0 Å². The second kappa shape index (κ2) is 5.06. The van der Waals surface area contributed by atoms with Crippen LogP contribution in [-0.2, 0) is 4.79 Å². The van der Waals surface area contributed by atoms with E-state index in [-0.39, 0.29) is 5.41 Å². The van der Waals surface area contributed by atoms with E-state index in [1.807, 2.05) is 6.92 Å². The van der Waals surface area contributed by atoms with Crippen LogP contribution in [0, 0.1) is 35.0 Å². The first kappa shape index (κ1) is 15.2. The van der Waals surface area contributed by atoms with Crippen molar-refractivity contribution >= 4 is 5.78 Å². The minimum absolute atomic E-state index is 0.00636. The van der Waals surface area contributed by atoms with Gasteiger partial charge < -0.3 is 5.11 Å². The van der Waals surface area contributed by atoms with Gasteiger partial charge in [-0.2, -0.15) is 0 Å². The topological polar surface area (TPSA) is 37.3 Å². The number of ketones is 1. The van der Waals surface area contributed by atoms with Gasteiger partial charge in [-0.05, 0) is 94.3 Å². The zero-order valence-corrected chi connectivity index (χ0v) is 14.3. The summed E-state index contributed by atoms with van der Waals surface area (Å²) in [6, 6.07) is 0. The van der Waals surface area contributed by atoms with Gasteiger partial charge in [0.15, 0.2) is 0 Å². The lowest BCUT2D eigenvalue weighted by molar-refractivity contribution is -0.149. The first-order chi connectivity index (χ1) is 10.4. The Morgan fingerprint density at radius 2 is 1.73 bits per heavy atom. The summed E-state index contributed by atoms with van der Waals surface area (Å²) in [5.74, 6) is 4.45. The van der Waals surface area contributed by atoms with Gasteiger partial charge >= 0.3 is 0 Å². The third-order valence-electron chi connectivity index (χ3n) is 8.18. The van der Waals surface area contributed by atoms with E-state index >= 15 is 0 Å². The molecule has 0 bridgehead atoms. The number of fused-ring (bicyclic) bond motifs is 5. The highest BCUT2D eigenvalue weighted by molar-refractivity contribution is 5.85. The summed E-state index contributed by atoms with van der Waals surface area (Å²) in [7, 11) is 0. The Bertz CT molecular complexity index is 468. The number of rotatable bonds is 0. The SMILES string of the molecule is C[C@@]1(O)CC[C@H]2[C@H](CC[C@@H]3[C@@H]2CC[C@]2(C)C(=O)CCC[C@@H]32)C1. The first-order valence-corrected chi connectivity index (χ1v) is 9.66. The molecular formula is C20H32O2. The van der Waals surface area contributed by atoms with E-state index in [2.05, 4.69) is 6.92 Å². The minimum atomic E-state index is -0.419. The Kier molecular flexibility index (Phi) is 3.49. The van der Waals surface area contributed by atoms with E-state index in [1.165, 1.54) is 32.1 Å². The molecule has 0 amide bonds. The van der Waals surface area contributed by atoms with Gasteiger partial charge in [0.1, 0.15) is 5.78 Å². The second-order valence-electron chi connectivity index (χ2n) is 9.45. The monoisotopic (exact) mass is 304 g/mol. The lowest BCUT2D eigenvalue weighted by Gasteiger charge is -2.58. The number of hydrogen-bond acceptors (Lipinski definition) is 2. The Morgan fingerprint density at radius 1 is 0.955 bits per heavy atom. The zero-order valence-electron chi connectivity index (χ0n) is 14.3. The van der Waals surface area contributed by atoms with E-state index in [0.717, 1.165) is 55.8 Å². The van der Waals surface area contributed by atoms with E-state index in [1.54, 1.807) is 0 Å². The van der Waals surface area contributed by atoms with Gasteiger partial charge in [-0.1, -0.05) is 6.92 Å². The van der Waals surface area contributed by atoms with Gasteiger partial charge in [0.05, 0.1) is 5.60 Å². The molecule has 0 aromatic rings. The molecule has 4 aliphatic rings. The fraction of sp³-hybridized carbons (Fsp3) is 0.950. The molecule has 2 nitrogen and oxygen atoms in total. The van der Waals surface area contributed by atoms with Crippen LogP contribution in [0.1, 0.15) is 78.1 Å². The summed E-state index contributed by atoms with van der Waals surface area (Å²) < 4.78 is 0. The van der Waals surface area contributed by atoms with Crippen LogP contribution in [0.15, 0.2) is 0 Å². The predicted octanol–water partition coefficient (Wildman–Crippen LogP) is 4.35. The predicted molar refractivity (Wildman–Crippen MR) is 87.4 cm³/mol. The number of aliphatic hydroxyl groups is 1. The highest BCUT2D eigenvalue weighted by Gasteiger charge is 2.55. The van der Waals surface area contributed by atoms with E-state index in [4.69, 9.17) is 0 Å². The van der Waals surface area contributed by atoms with Crippen molar-refractivity contribution in [1.29, 1.82) is 0 Å². The van der Waals surface area contributed by atoms with Crippen molar-refractivity contribution in [1.82, 2.24) is 0 Å². The molecule has 4 fully saturated rings. The van der Waals surface area contributed by atoms with Gasteiger partial charge in [-0.15, -0.1) is 0 Å². The van der Waals surface area contributed by atoms with Gasteiger partial charge in [-0.25, -0.2) is 0 Å². The standard InChI is InChI=1S/C20H32O2/c1-19(22)10-8-14-13(12-19)6-7-16-15(14)9-11-20(2)17(16)4-3-5-18(20)21/h13-17,22H,3-12H2,1-2H3/t13-,14+,15-,16-,17+,19-,20+/m1/s1. The molecule has 7 atom stereocenters. The minimum Gasteiger partial charge on any atom is -0.390 e. The Hall–Kier alpha value is -0.370. The molecule has 0 spiro atoms. The van der Waals surface area contributed by atoms with Crippen molar-refractivity contribution in [2.75, 3.05) is 0 Å². The third-order valence-corrected chi connectivity index (χ3v) is 8.18. The largest absolute Gasteiger partial charge is 0.390 e. The molecule has 1 N–H and O–H groups in total. The second-order valence-corrected chi connectivity index (χ2v) is 9.45. The lowest BCUT2D eigenvalue weighted by Crippen LogP contribution is -2.53. The molecule has 0 aliphatic heterocycles. The lowest BCUT2D eigenvalue weighted by atomic mass is 9.46. The van der Waals surface area contributed by atoms with Gasteiger partial charge in [0.2, 0.25) is 0 Å². The maximum Gasteiger partial charge on any atom is 0.139 e. The van der Waals surface area contributed by atoms with E-state index in [0.29, 0.717) is 11.7 Å². The maximum absolute atomic E-state index is 12.6. The Morgan fingerprint density at radius 3 is 2.55 bits per heavy atom. The van der Waals surface area contributed by atoms with Crippen molar-refractivity contribution < 1.29 is 9.90 Å². The van der Waals surface area contributed by atoms with Crippen molar-refractivity contribution in [2.24, 2.45) is 35.0 Å². The summed E-state index contributed by atoms with van der Waals surface area (Å²) in [5, 5.41) is 10.4. The van der Waals surface area contributed by atoms with Gasteiger partial charge in [0, 0.05) is 11.8 Å². The summed E-state index contributed by atoms with van der Waals surface area (Å²) in [4.78, 5) is 12.6. The summed E-state index contributed by atoms with van der Waals surface area (Å²) in [6.45, 7) is 4.32. The average Bonchev–Trinajstić information content (AvgIpc) is 2.47. The summed E-state index contributed by atoms with van der Waals surface area (Å²) >= 11 is 0. The average molecular weight is 304 g/mol. The quantitative estimate of drug-likeness (QED) is 0.722. The molecular weight excluding hydrogens is 272 g/mol.